The lowest BCUT2D eigenvalue weighted by Crippen LogP contribution is -2.45. The molecule has 2 aromatic rings. The second-order valence-corrected chi connectivity index (χ2v) is 8.12. The number of thiophene rings is 1. The van der Waals surface area contributed by atoms with Gasteiger partial charge < -0.3 is 14.4 Å². The van der Waals surface area contributed by atoms with Crippen LogP contribution in [0.15, 0.2) is 48.0 Å². The Morgan fingerprint density at radius 3 is 2.54 bits per heavy atom. The Kier molecular flexibility index (Phi) is 6.31. The molecule has 0 saturated carbocycles. The van der Waals surface area contributed by atoms with Gasteiger partial charge in [0.25, 0.3) is 5.91 Å². The van der Waals surface area contributed by atoms with Crippen LogP contribution in [0.1, 0.15) is 36.9 Å². The summed E-state index contributed by atoms with van der Waals surface area (Å²) in [5.41, 5.74) is 2.69. The van der Waals surface area contributed by atoms with Crippen molar-refractivity contribution < 1.29 is 19.1 Å². The summed E-state index contributed by atoms with van der Waals surface area (Å²) in [4.78, 5) is 28.7. The largest absolute Gasteiger partial charge is 0.465 e. The van der Waals surface area contributed by atoms with Crippen LogP contribution in [0.4, 0.5) is 5.69 Å². The van der Waals surface area contributed by atoms with E-state index < -0.39 is 12.1 Å². The molecule has 0 saturated heterocycles. The second-order valence-electron chi connectivity index (χ2n) is 7.07. The van der Waals surface area contributed by atoms with Gasteiger partial charge in [-0.25, -0.2) is 4.79 Å². The Balaban J connectivity index is 2.03. The number of hydrogen-bond acceptors (Lipinski definition) is 5. The molecule has 5 nitrogen and oxygen atoms in total. The molecule has 1 atom stereocenters. The van der Waals surface area contributed by atoms with Crippen molar-refractivity contribution in [1.82, 2.24) is 0 Å². The van der Waals surface area contributed by atoms with E-state index in [4.69, 9.17) is 9.47 Å². The van der Waals surface area contributed by atoms with Gasteiger partial charge in [0.2, 0.25) is 0 Å². The summed E-state index contributed by atoms with van der Waals surface area (Å²) < 4.78 is 10.7. The molecule has 1 aliphatic rings. The first kappa shape index (κ1) is 20.3. The maximum atomic E-state index is 13.3. The zero-order valence-corrected chi connectivity index (χ0v) is 17.4. The molecule has 0 spiro atoms. The molecular formula is C22H25NO4S. The number of nitrogens with zero attached hydrogens (tertiary/aromatic N) is 1. The van der Waals surface area contributed by atoms with Crippen LogP contribution in [-0.4, -0.2) is 37.7 Å². The molecule has 1 aromatic carbocycles. The lowest BCUT2D eigenvalue weighted by atomic mass is 10.1. The van der Waals surface area contributed by atoms with E-state index in [2.05, 4.69) is 0 Å². The third-order valence-electron chi connectivity index (χ3n) is 4.62. The number of rotatable bonds is 5. The van der Waals surface area contributed by atoms with Crippen molar-refractivity contribution in [1.29, 1.82) is 0 Å². The first-order chi connectivity index (χ1) is 13.4. The number of carbonyl (C=O) groups excluding carboxylic acids is 2. The van der Waals surface area contributed by atoms with Gasteiger partial charge in [0.15, 0.2) is 0 Å². The highest BCUT2D eigenvalue weighted by molar-refractivity contribution is 7.18. The number of anilines is 1. The van der Waals surface area contributed by atoms with Crippen molar-refractivity contribution in [2.45, 2.75) is 39.3 Å². The topological polar surface area (TPSA) is 55.8 Å². The molecule has 0 fully saturated rings. The van der Waals surface area contributed by atoms with E-state index >= 15 is 0 Å². The fourth-order valence-corrected chi connectivity index (χ4v) is 4.26. The number of carbonyl (C=O) groups is 2. The van der Waals surface area contributed by atoms with Gasteiger partial charge in [-0.2, -0.15) is 0 Å². The van der Waals surface area contributed by atoms with E-state index in [1.54, 1.807) is 4.90 Å². The lowest BCUT2D eigenvalue weighted by molar-refractivity contribution is -0.130. The molecule has 3 rings (SSSR count). The van der Waals surface area contributed by atoms with Crippen LogP contribution in [0.3, 0.4) is 0 Å². The number of benzene rings is 1. The highest BCUT2D eigenvalue weighted by Crippen LogP contribution is 2.38. The van der Waals surface area contributed by atoms with Gasteiger partial charge in [0, 0.05) is 17.3 Å². The minimum Gasteiger partial charge on any atom is -0.465 e. The van der Waals surface area contributed by atoms with Crippen LogP contribution in [-0.2, 0) is 14.3 Å². The standard InChI is InChI=1S/C22H25NO4S/c1-14(2)23(21(24)18-11-10-15(3)13-27-18)17-12-19(16-8-6-5-7-9-16)28-20(17)22(25)26-4/h5-10,12,14,18H,11,13H2,1-4H3. The summed E-state index contributed by atoms with van der Waals surface area (Å²) in [5.74, 6) is -0.581. The van der Waals surface area contributed by atoms with Crippen molar-refractivity contribution in [3.63, 3.8) is 0 Å². The maximum Gasteiger partial charge on any atom is 0.350 e. The molecule has 148 valence electrons. The fraction of sp³-hybridized carbons (Fsp3) is 0.364. The number of methoxy groups -OCH3 is 1. The predicted molar refractivity (Wildman–Crippen MR) is 112 cm³/mol. The van der Waals surface area contributed by atoms with Crippen molar-refractivity contribution in [2.75, 3.05) is 18.6 Å². The molecule has 0 aliphatic carbocycles. The van der Waals surface area contributed by atoms with Gasteiger partial charge in [0.05, 0.1) is 19.4 Å². The molecule has 1 unspecified atom stereocenters. The van der Waals surface area contributed by atoms with Crippen LogP contribution < -0.4 is 4.90 Å². The van der Waals surface area contributed by atoms with Crippen LogP contribution >= 0.6 is 11.3 Å². The first-order valence-electron chi connectivity index (χ1n) is 9.30. The maximum absolute atomic E-state index is 13.3. The van der Waals surface area contributed by atoms with E-state index in [9.17, 15) is 9.59 Å². The Morgan fingerprint density at radius 2 is 1.96 bits per heavy atom. The van der Waals surface area contributed by atoms with E-state index in [1.807, 2.05) is 63.2 Å². The average Bonchev–Trinajstić information content (AvgIpc) is 3.13. The van der Waals surface area contributed by atoms with E-state index in [0.29, 0.717) is 23.6 Å². The van der Waals surface area contributed by atoms with Crippen LogP contribution in [0.5, 0.6) is 0 Å². The minimum atomic E-state index is -0.545. The quantitative estimate of drug-likeness (QED) is 0.541. The molecule has 28 heavy (non-hydrogen) atoms. The SMILES string of the molecule is COC(=O)c1sc(-c2ccccc2)cc1N(C(=O)C1CC=C(C)CO1)C(C)C. The van der Waals surface area contributed by atoms with Crippen LogP contribution in [0, 0.1) is 0 Å². The summed E-state index contributed by atoms with van der Waals surface area (Å²) in [5, 5.41) is 0. The van der Waals surface area contributed by atoms with Crippen molar-refractivity contribution in [3.8, 4) is 10.4 Å². The van der Waals surface area contributed by atoms with E-state index in [1.165, 1.54) is 18.4 Å². The van der Waals surface area contributed by atoms with Gasteiger partial charge in [-0.1, -0.05) is 42.0 Å². The number of amides is 1. The van der Waals surface area contributed by atoms with Gasteiger partial charge in [0.1, 0.15) is 11.0 Å². The Bertz CT molecular complexity index is 885. The van der Waals surface area contributed by atoms with E-state index in [0.717, 1.165) is 16.0 Å². The van der Waals surface area contributed by atoms with Gasteiger partial charge in [-0.05, 0) is 32.4 Å². The summed E-state index contributed by atoms with van der Waals surface area (Å²) in [6, 6.07) is 11.6. The fourth-order valence-electron chi connectivity index (χ4n) is 3.19. The zero-order valence-electron chi connectivity index (χ0n) is 16.6. The molecule has 1 aromatic heterocycles. The predicted octanol–water partition coefficient (Wildman–Crippen LogP) is 4.68. The summed E-state index contributed by atoms with van der Waals surface area (Å²) in [7, 11) is 1.35. The van der Waals surface area contributed by atoms with Crippen molar-refractivity contribution >= 4 is 28.9 Å². The lowest BCUT2D eigenvalue weighted by Gasteiger charge is -2.31. The molecule has 6 heteroatoms. The average molecular weight is 400 g/mol. The Labute approximate surface area is 169 Å². The monoisotopic (exact) mass is 399 g/mol. The normalized spacial score (nSPS) is 16.6. The molecule has 1 amide bonds. The highest BCUT2D eigenvalue weighted by Gasteiger charge is 2.33. The van der Waals surface area contributed by atoms with E-state index in [-0.39, 0.29) is 11.9 Å². The highest BCUT2D eigenvalue weighted by atomic mass is 32.1. The number of ether oxygens (including phenoxy) is 2. The van der Waals surface area contributed by atoms with Gasteiger partial charge >= 0.3 is 5.97 Å². The molecule has 0 N–H and O–H groups in total. The number of esters is 1. The smallest absolute Gasteiger partial charge is 0.350 e. The Hall–Kier alpha value is -2.44. The van der Waals surface area contributed by atoms with Gasteiger partial charge in [-0.3, -0.25) is 4.79 Å². The molecule has 0 bridgehead atoms. The molecule has 2 heterocycles. The summed E-state index contributed by atoms with van der Waals surface area (Å²) in [6.07, 6.45) is 2.03. The van der Waals surface area contributed by atoms with Crippen LogP contribution in [0.25, 0.3) is 10.4 Å². The third kappa shape index (κ3) is 4.18. The van der Waals surface area contributed by atoms with Crippen molar-refractivity contribution in [3.05, 3.63) is 52.9 Å². The summed E-state index contributed by atoms with van der Waals surface area (Å²) >= 11 is 1.33. The first-order valence-corrected chi connectivity index (χ1v) is 10.1. The molecule has 0 radical (unpaired) electrons. The Morgan fingerprint density at radius 1 is 1.25 bits per heavy atom. The van der Waals surface area contributed by atoms with Crippen LogP contribution in [0.2, 0.25) is 0 Å². The van der Waals surface area contributed by atoms with Gasteiger partial charge in [-0.15, -0.1) is 11.3 Å². The minimum absolute atomic E-state index is 0.135. The summed E-state index contributed by atoms with van der Waals surface area (Å²) in [6.45, 7) is 6.30. The zero-order chi connectivity index (χ0) is 20.3. The number of hydrogen-bond donors (Lipinski definition) is 0. The van der Waals surface area contributed by atoms with Crippen molar-refractivity contribution in [2.24, 2.45) is 0 Å². The second kappa shape index (κ2) is 8.71. The molecular weight excluding hydrogens is 374 g/mol. The molecule has 1 aliphatic heterocycles. The third-order valence-corrected chi connectivity index (χ3v) is 5.78.